The molecule has 3 amide bonds. The van der Waals surface area contributed by atoms with E-state index in [1.54, 1.807) is 4.90 Å². The second-order valence-electron chi connectivity index (χ2n) is 6.04. The van der Waals surface area contributed by atoms with Crippen LogP contribution in [0.2, 0.25) is 0 Å². The summed E-state index contributed by atoms with van der Waals surface area (Å²) in [6, 6.07) is -0.307. The van der Waals surface area contributed by atoms with E-state index < -0.39 is 5.97 Å². The molecule has 3 unspecified atom stereocenters. The van der Waals surface area contributed by atoms with Gasteiger partial charge in [-0.1, -0.05) is 6.42 Å². The fourth-order valence-corrected chi connectivity index (χ4v) is 3.20. The topological polar surface area (TPSA) is 113 Å². The number of carbonyl (C=O) groups excluding carboxylic acids is 2. The highest BCUT2D eigenvalue weighted by Crippen LogP contribution is 2.25. The van der Waals surface area contributed by atoms with Crippen molar-refractivity contribution in [2.24, 2.45) is 17.6 Å². The number of carbonyl (C=O) groups is 3. The molecule has 1 heterocycles. The molecule has 2 fully saturated rings. The van der Waals surface area contributed by atoms with Crippen molar-refractivity contribution in [3.8, 4) is 0 Å². The van der Waals surface area contributed by atoms with E-state index in [2.05, 4.69) is 5.32 Å². The number of carboxylic acids is 1. The smallest absolute Gasteiger partial charge is 0.317 e. The summed E-state index contributed by atoms with van der Waals surface area (Å²) in [5.41, 5.74) is 5.30. The number of piperidine rings is 1. The monoisotopic (exact) mass is 297 g/mol. The molecule has 0 spiro atoms. The molecule has 1 saturated heterocycles. The molecule has 4 N–H and O–H groups in total. The Morgan fingerprint density at radius 2 is 1.81 bits per heavy atom. The van der Waals surface area contributed by atoms with Crippen LogP contribution in [0, 0.1) is 11.8 Å². The zero-order valence-electron chi connectivity index (χ0n) is 12.1. The molecule has 7 heteroatoms. The zero-order valence-corrected chi connectivity index (χ0v) is 12.1. The Labute approximate surface area is 123 Å². The molecule has 21 heavy (non-hydrogen) atoms. The van der Waals surface area contributed by atoms with Gasteiger partial charge in [0.1, 0.15) is 0 Å². The van der Waals surface area contributed by atoms with E-state index >= 15 is 0 Å². The van der Waals surface area contributed by atoms with Crippen LogP contribution in [0.25, 0.3) is 0 Å². The Bertz CT molecular complexity index is 426. The second-order valence-corrected chi connectivity index (χ2v) is 6.04. The predicted molar refractivity (Wildman–Crippen MR) is 75.4 cm³/mol. The first-order valence-corrected chi connectivity index (χ1v) is 7.55. The van der Waals surface area contributed by atoms with E-state index in [4.69, 9.17) is 10.8 Å². The summed E-state index contributed by atoms with van der Waals surface area (Å²) in [7, 11) is 0. The molecule has 1 saturated carbocycles. The molecule has 118 valence electrons. The van der Waals surface area contributed by atoms with Crippen LogP contribution >= 0.6 is 0 Å². The number of carboxylic acid groups (broad SMARTS) is 1. The zero-order chi connectivity index (χ0) is 15.4. The lowest BCUT2D eigenvalue weighted by molar-refractivity contribution is -0.143. The van der Waals surface area contributed by atoms with Gasteiger partial charge in [0, 0.05) is 19.1 Å². The van der Waals surface area contributed by atoms with Crippen molar-refractivity contribution >= 4 is 17.9 Å². The predicted octanol–water partition coefficient (Wildman–Crippen LogP) is 0.537. The quantitative estimate of drug-likeness (QED) is 0.705. The SMILES string of the molecule is NC(=O)C1CCCN(C(=O)NC2CCCC(C(=O)O)C2)C1. The Morgan fingerprint density at radius 1 is 1.10 bits per heavy atom. The molecule has 7 nitrogen and oxygen atoms in total. The molecule has 1 aliphatic heterocycles. The van der Waals surface area contributed by atoms with Gasteiger partial charge < -0.3 is 21.1 Å². The van der Waals surface area contributed by atoms with Crippen LogP contribution < -0.4 is 11.1 Å². The minimum Gasteiger partial charge on any atom is -0.481 e. The normalized spacial score (nSPS) is 29.7. The lowest BCUT2D eigenvalue weighted by atomic mass is 9.86. The number of nitrogens with zero attached hydrogens (tertiary/aromatic N) is 1. The molecule has 0 radical (unpaired) electrons. The molecule has 0 bridgehead atoms. The molecule has 3 atom stereocenters. The van der Waals surface area contributed by atoms with E-state index in [0.717, 1.165) is 25.7 Å². The van der Waals surface area contributed by atoms with Crippen molar-refractivity contribution < 1.29 is 19.5 Å². The molecule has 2 aliphatic rings. The largest absolute Gasteiger partial charge is 0.481 e. The number of rotatable bonds is 3. The van der Waals surface area contributed by atoms with Crippen LogP contribution in [-0.4, -0.2) is 47.0 Å². The van der Waals surface area contributed by atoms with Crippen molar-refractivity contribution in [1.82, 2.24) is 10.2 Å². The third-order valence-corrected chi connectivity index (χ3v) is 4.46. The third kappa shape index (κ3) is 4.09. The molecule has 2 rings (SSSR count). The fraction of sp³-hybridized carbons (Fsp3) is 0.786. The van der Waals surface area contributed by atoms with Crippen LogP contribution in [0.3, 0.4) is 0 Å². The Kier molecular flexibility index (Phi) is 5.03. The minimum atomic E-state index is -0.791. The van der Waals surface area contributed by atoms with Gasteiger partial charge in [-0.3, -0.25) is 9.59 Å². The number of nitrogens with two attached hydrogens (primary N) is 1. The van der Waals surface area contributed by atoms with Crippen molar-refractivity contribution in [3.05, 3.63) is 0 Å². The summed E-state index contributed by atoms with van der Waals surface area (Å²) in [6.45, 7) is 0.973. The molecular formula is C14H23N3O4. The molecule has 0 aromatic rings. The Balaban J connectivity index is 1.86. The first-order chi connectivity index (χ1) is 9.97. The number of likely N-dealkylation sites (tertiary alicyclic amines) is 1. The highest BCUT2D eigenvalue weighted by molar-refractivity contribution is 5.79. The number of nitrogens with one attached hydrogen (secondary N) is 1. The molecule has 0 aromatic heterocycles. The van der Waals surface area contributed by atoms with Gasteiger partial charge in [0.15, 0.2) is 0 Å². The van der Waals surface area contributed by atoms with E-state index in [-0.39, 0.29) is 29.8 Å². The first-order valence-electron chi connectivity index (χ1n) is 7.55. The van der Waals surface area contributed by atoms with Crippen LogP contribution in [0.4, 0.5) is 4.79 Å². The van der Waals surface area contributed by atoms with Crippen molar-refractivity contribution in [1.29, 1.82) is 0 Å². The van der Waals surface area contributed by atoms with E-state index in [0.29, 0.717) is 25.9 Å². The standard InChI is InChI=1S/C14H23N3O4/c15-12(18)10-4-2-6-17(8-10)14(21)16-11-5-1-3-9(7-11)13(19)20/h9-11H,1-8H2,(H2,15,18)(H,16,21)(H,19,20). The van der Waals surface area contributed by atoms with Gasteiger partial charge in [-0.2, -0.15) is 0 Å². The number of aliphatic carboxylic acids is 1. The summed E-state index contributed by atoms with van der Waals surface area (Å²) < 4.78 is 0. The molecular weight excluding hydrogens is 274 g/mol. The summed E-state index contributed by atoms with van der Waals surface area (Å²) in [6.07, 6.45) is 4.27. The van der Waals surface area contributed by atoms with Gasteiger partial charge in [0.2, 0.25) is 5.91 Å². The van der Waals surface area contributed by atoms with Gasteiger partial charge in [0.05, 0.1) is 11.8 Å². The van der Waals surface area contributed by atoms with Crippen molar-refractivity contribution in [2.75, 3.05) is 13.1 Å². The van der Waals surface area contributed by atoms with E-state index in [1.807, 2.05) is 0 Å². The average Bonchev–Trinajstić information content (AvgIpc) is 2.47. The maximum Gasteiger partial charge on any atom is 0.317 e. The summed E-state index contributed by atoms with van der Waals surface area (Å²) in [5, 5.41) is 12.0. The highest BCUT2D eigenvalue weighted by atomic mass is 16.4. The molecule has 0 aromatic carbocycles. The van der Waals surface area contributed by atoms with Crippen LogP contribution in [0.1, 0.15) is 38.5 Å². The number of hydrogen-bond acceptors (Lipinski definition) is 3. The van der Waals surface area contributed by atoms with Crippen LogP contribution in [-0.2, 0) is 9.59 Å². The van der Waals surface area contributed by atoms with Gasteiger partial charge in [0.25, 0.3) is 0 Å². The van der Waals surface area contributed by atoms with Crippen molar-refractivity contribution in [3.63, 3.8) is 0 Å². The van der Waals surface area contributed by atoms with E-state index in [1.165, 1.54) is 0 Å². The summed E-state index contributed by atoms with van der Waals surface area (Å²) in [5.74, 6) is -1.80. The number of hydrogen-bond donors (Lipinski definition) is 3. The Hall–Kier alpha value is -1.79. The maximum atomic E-state index is 12.2. The third-order valence-electron chi connectivity index (χ3n) is 4.46. The minimum absolute atomic E-state index is 0.0960. The second kappa shape index (κ2) is 6.78. The van der Waals surface area contributed by atoms with Gasteiger partial charge in [-0.15, -0.1) is 0 Å². The lowest BCUT2D eigenvalue weighted by Gasteiger charge is -2.34. The number of urea groups is 1. The fourth-order valence-electron chi connectivity index (χ4n) is 3.20. The van der Waals surface area contributed by atoms with E-state index in [9.17, 15) is 14.4 Å². The average molecular weight is 297 g/mol. The van der Waals surface area contributed by atoms with Gasteiger partial charge >= 0.3 is 12.0 Å². The highest BCUT2D eigenvalue weighted by Gasteiger charge is 2.31. The number of amides is 3. The van der Waals surface area contributed by atoms with Crippen LogP contribution in [0.5, 0.6) is 0 Å². The Morgan fingerprint density at radius 3 is 2.48 bits per heavy atom. The lowest BCUT2D eigenvalue weighted by Crippen LogP contribution is -2.51. The van der Waals surface area contributed by atoms with Gasteiger partial charge in [-0.05, 0) is 32.1 Å². The number of primary amides is 1. The summed E-state index contributed by atoms with van der Waals surface area (Å²) >= 11 is 0. The van der Waals surface area contributed by atoms with Gasteiger partial charge in [-0.25, -0.2) is 4.79 Å². The van der Waals surface area contributed by atoms with Crippen LogP contribution in [0.15, 0.2) is 0 Å². The maximum absolute atomic E-state index is 12.2. The summed E-state index contributed by atoms with van der Waals surface area (Å²) in [4.78, 5) is 36.1. The first kappa shape index (κ1) is 15.6. The van der Waals surface area contributed by atoms with Crippen molar-refractivity contribution in [2.45, 2.75) is 44.6 Å². The molecule has 1 aliphatic carbocycles.